The van der Waals surface area contributed by atoms with E-state index in [-0.39, 0.29) is 17.9 Å². The van der Waals surface area contributed by atoms with Gasteiger partial charge in [-0.3, -0.25) is 9.59 Å². The van der Waals surface area contributed by atoms with Crippen molar-refractivity contribution in [3.05, 3.63) is 101 Å². The van der Waals surface area contributed by atoms with E-state index in [4.69, 9.17) is 4.74 Å². The summed E-state index contributed by atoms with van der Waals surface area (Å²) in [5.41, 5.74) is 3.20. The Kier molecular flexibility index (Phi) is 7.09. The first-order valence-electron chi connectivity index (χ1n) is 14.4. The summed E-state index contributed by atoms with van der Waals surface area (Å²) in [5, 5.41) is 4.39. The number of carbonyl (C=O) groups excluding carboxylic acids is 2. The number of benzene rings is 3. The molecule has 0 radical (unpaired) electrons. The second-order valence-electron chi connectivity index (χ2n) is 11.2. The Morgan fingerprint density at radius 2 is 1.68 bits per heavy atom. The summed E-state index contributed by atoms with van der Waals surface area (Å²) in [6, 6.07) is 25.9. The van der Waals surface area contributed by atoms with E-state index < -0.39 is 5.54 Å². The average Bonchev–Trinajstić information content (AvgIpc) is 3.14. The predicted molar refractivity (Wildman–Crippen MR) is 157 cm³/mol. The third-order valence-electron chi connectivity index (χ3n) is 8.83. The SMILES string of the molecule is COc1ccc2cc3n(c2c1)C[C@@](C(=O)NC1CCCCCC1)(c1ccccc1)N(Cc1ccccc1C)C3=O. The fourth-order valence-corrected chi connectivity index (χ4v) is 6.51. The molecule has 6 heteroatoms. The van der Waals surface area contributed by atoms with Crippen molar-refractivity contribution in [1.29, 1.82) is 0 Å². The highest BCUT2D eigenvalue weighted by Crippen LogP contribution is 2.41. The molecule has 1 atom stereocenters. The minimum absolute atomic E-state index is 0.105. The van der Waals surface area contributed by atoms with Gasteiger partial charge in [0.1, 0.15) is 11.4 Å². The van der Waals surface area contributed by atoms with Crippen LogP contribution in [0.2, 0.25) is 0 Å². The molecule has 0 spiro atoms. The summed E-state index contributed by atoms with van der Waals surface area (Å²) in [5.74, 6) is 0.462. The summed E-state index contributed by atoms with van der Waals surface area (Å²) in [6.45, 7) is 2.71. The lowest BCUT2D eigenvalue weighted by molar-refractivity contribution is -0.136. The van der Waals surface area contributed by atoms with E-state index in [2.05, 4.69) is 24.4 Å². The van der Waals surface area contributed by atoms with Crippen LogP contribution < -0.4 is 10.1 Å². The minimum atomic E-state index is -1.23. The molecule has 4 aromatic rings. The first kappa shape index (κ1) is 26.2. The van der Waals surface area contributed by atoms with E-state index in [1.165, 1.54) is 12.8 Å². The Labute approximate surface area is 235 Å². The minimum Gasteiger partial charge on any atom is -0.497 e. The Hall–Kier alpha value is -4.06. The largest absolute Gasteiger partial charge is 0.497 e. The summed E-state index contributed by atoms with van der Waals surface area (Å²) in [7, 11) is 1.64. The molecule has 40 heavy (non-hydrogen) atoms. The van der Waals surface area contributed by atoms with Crippen molar-refractivity contribution in [1.82, 2.24) is 14.8 Å². The maximum atomic E-state index is 14.8. The molecule has 2 aliphatic rings. The molecule has 3 aromatic carbocycles. The van der Waals surface area contributed by atoms with E-state index in [1.54, 1.807) is 7.11 Å². The molecule has 1 fully saturated rings. The number of fused-ring (bicyclic) bond motifs is 3. The molecule has 6 rings (SSSR count). The van der Waals surface area contributed by atoms with Crippen molar-refractivity contribution in [2.24, 2.45) is 0 Å². The standard InChI is InChI=1S/C34H37N3O3/c1-24-12-10-11-13-26(24)22-37-32(38)31-20-25-18-19-29(40-2)21-30(25)36(31)23-34(37,27-14-6-5-7-15-27)33(39)35-28-16-8-3-4-9-17-28/h5-7,10-15,18-21,28H,3-4,8-9,16-17,22-23H2,1-2H3,(H,35,39)/t34-/m0/s1. The number of hydrogen-bond donors (Lipinski definition) is 1. The Balaban J connectivity index is 1.55. The zero-order valence-corrected chi connectivity index (χ0v) is 23.4. The Bertz CT molecular complexity index is 1530. The highest BCUT2D eigenvalue weighted by molar-refractivity contribution is 6.04. The molecule has 206 valence electrons. The Morgan fingerprint density at radius 3 is 2.40 bits per heavy atom. The first-order chi connectivity index (χ1) is 19.5. The van der Waals surface area contributed by atoms with Crippen LogP contribution in [0, 0.1) is 6.92 Å². The smallest absolute Gasteiger partial charge is 0.272 e. The Morgan fingerprint density at radius 1 is 0.950 bits per heavy atom. The second-order valence-corrected chi connectivity index (χ2v) is 11.2. The number of aryl methyl sites for hydroxylation is 1. The number of rotatable bonds is 6. The molecular formula is C34H37N3O3. The number of methoxy groups -OCH3 is 1. The number of amides is 2. The molecule has 2 heterocycles. The molecular weight excluding hydrogens is 498 g/mol. The molecule has 6 nitrogen and oxygen atoms in total. The zero-order valence-electron chi connectivity index (χ0n) is 23.4. The summed E-state index contributed by atoms with van der Waals surface area (Å²) in [4.78, 5) is 31.2. The highest BCUT2D eigenvalue weighted by Gasteiger charge is 2.53. The molecule has 2 amide bonds. The first-order valence-corrected chi connectivity index (χ1v) is 14.4. The lowest BCUT2D eigenvalue weighted by atomic mass is 9.83. The van der Waals surface area contributed by atoms with Crippen LogP contribution >= 0.6 is 0 Å². The van der Waals surface area contributed by atoms with Gasteiger partial charge in [0.05, 0.1) is 19.2 Å². The van der Waals surface area contributed by atoms with Crippen LogP contribution in [-0.2, 0) is 23.4 Å². The van der Waals surface area contributed by atoms with Crippen LogP contribution in [0.4, 0.5) is 0 Å². The average molecular weight is 536 g/mol. The normalized spacial score (nSPS) is 19.8. The summed E-state index contributed by atoms with van der Waals surface area (Å²) in [6.07, 6.45) is 6.57. The van der Waals surface area contributed by atoms with E-state index in [0.29, 0.717) is 18.8 Å². The molecule has 0 bridgehead atoms. The lowest BCUT2D eigenvalue weighted by Gasteiger charge is -2.47. The molecule has 1 aliphatic carbocycles. The number of hydrogen-bond acceptors (Lipinski definition) is 3. The van der Waals surface area contributed by atoms with Crippen LogP contribution in [0.25, 0.3) is 10.9 Å². The molecule has 1 aromatic heterocycles. The van der Waals surface area contributed by atoms with Crippen LogP contribution in [0.5, 0.6) is 5.75 Å². The van der Waals surface area contributed by atoms with Crippen LogP contribution in [-0.4, -0.2) is 34.4 Å². The maximum Gasteiger partial charge on any atom is 0.272 e. The fourth-order valence-electron chi connectivity index (χ4n) is 6.51. The quantitative estimate of drug-likeness (QED) is 0.293. The lowest BCUT2D eigenvalue weighted by Crippen LogP contribution is -2.64. The summed E-state index contributed by atoms with van der Waals surface area (Å²) >= 11 is 0. The van der Waals surface area contributed by atoms with Gasteiger partial charge < -0.3 is 19.5 Å². The van der Waals surface area contributed by atoms with Crippen LogP contribution in [0.3, 0.4) is 0 Å². The fraction of sp³-hybridized carbons (Fsp3) is 0.353. The van der Waals surface area contributed by atoms with Crippen molar-refractivity contribution < 1.29 is 14.3 Å². The van der Waals surface area contributed by atoms with Gasteiger partial charge in [-0.1, -0.05) is 80.3 Å². The second kappa shape index (κ2) is 10.8. The third kappa shape index (κ3) is 4.55. The van der Waals surface area contributed by atoms with Crippen molar-refractivity contribution in [3.63, 3.8) is 0 Å². The topological polar surface area (TPSA) is 63.6 Å². The molecule has 0 saturated heterocycles. The van der Waals surface area contributed by atoms with Gasteiger partial charge in [0, 0.05) is 24.0 Å². The van der Waals surface area contributed by atoms with Crippen LogP contribution in [0.1, 0.15) is 65.7 Å². The predicted octanol–water partition coefficient (Wildman–Crippen LogP) is 6.35. The zero-order chi connectivity index (χ0) is 27.7. The van der Waals surface area contributed by atoms with Crippen LogP contribution in [0.15, 0.2) is 78.9 Å². The van der Waals surface area contributed by atoms with Gasteiger partial charge in [0.15, 0.2) is 5.54 Å². The van der Waals surface area contributed by atoms with Gasteiger partial charge in [-0.25, -0.2) is 0 Å². The van der Waals surface area contributed by atoms with Crippen molar-refractivity contribution >= 4 is 22.7 Å². The number of carbonyl (C=O) groups is 2. The van der Waals surface area contributed by atoms with E-state index in [0.717, 1.165) is 59.0 Å². The van der Waals surface area contributed by atoms with Gasteiger partial charge >= 0.3 is 0 Å². The third-order valence-corrected chi connectivity index (χ3v) is 8.83. The summed E-state index contributed by atoms with van der Waals surface area (Å²) < 4.78 is 7.55. The molecule has 1 saturated carbocycles. The van der Waals surface area contributed by atoms with Crippen molar-refractivity contribution in [3.8, 4) is 5.75 Å². The monoisotopic (exact) mass is 535 g/mol. The number of aromatic nitrogens is 1. The van der Waals surface area contributed by atoms with Gasteiger partial charge in [-0.15, -0.1) is 0 Å². The molecule has 0 unspecified atom stereocenters. The number of nitrogens with one attached hydrogen (secondary N) is 1. The maximum absolute atomic E-state index is 14.8. The molecule has 1 aliphatic heterocycles. The van der Waals surface area contributed by atoms with Crippen molar-refractivity contribution in [2.45, 2.75) is 70.1 Å². The molecule has 1 N–H and O–H groups in total. The number of ether oxygens (including phenoxy) is 1. The van der Waals surface area contributed by atoms with Gasteiger partial charge in [-0.05, 0) is 54.7 Å². The van der Waals surface area contributed by atoms with E-state index >= 15 is 0 Å². The van der Waals surface area contributed by atoms with Gasteiger partial charge in [0.2, 0.25) is 0 Å². The number of nitrogens with zero attached hydrogens (tertiary/aromatic N) is 2. The van der Waals surface area contributed by atoms with Gasteiger partial charge in [-0.2, -0.15) is 0 Å². The highest BCUT2D eigenvalue weighted by atomic mass is 16.5. The van der Waals surface area contributed by atoms with Crippen molar-refractivity contribution in [2.75, 3.05) is 7.11 Å². The van der Waals surface area contributed by atoms with Gasteiger partial charge in [0.25, 0.3) is 11.8 Å². The van der Waals surface area contributed by atoms with E-state index in [9.17, 15) is 9.59 Å². The van der Waals surface area contributed by atoms with E-state index in [1.807, 2.05) is 76.2 Å².